The van der Waals surface area contributed by atoms with Crippen molar-refractivity contribution in [1.29, 1.82) is 0 Å². The summed E-state index contributed by atoms with van der Waals surface area (Å²) in [7, 11) is 3.21. The van der Waals surface area contributed by atoms with Crippen LogP contribution in [-0.2, 0) is 19.5 Å². The van der Waals surface area contributed by atoms with Crippen LogP contribution < -0.4 is 14.8 Å². The SMILES string of the molecule is COc1ccc2c(CNCCc3ccccc3OC)c(C(=O)O)n(Cc3cccc(F)c3)c2c1. The fourth-order valence-electron chi connectivity index (χ4n) is 4.28. The summed E-state index contributed by atoms with van der Waals surface area (Å²) >= 11 is 0. The van der Waals surface area contributed by atoms with Crippen molar-refractivity contribution in [1.82, 2.24) is 9.88 Å². The van der Waals surface area contributed by atoms with E-state index in [2.05, 4.69) is 5.32 Å². The topological polar surface area (TPSA) is 72.7 Å². The van der Waals surface area contributed by atoms with Gasteiger partial charge in [0.15, 0.2) is 0 Å². The minimum atomic E-state index is -1.03. The van der Waals surface area contributed by atoms with Crippen LogP contribution in [0.25, 0.3) is 10.9 Å². The van der Waals surface area contributed by atoms with Gasteiger partial charge in [-0.15, -0.1) is 0 Å². The predicted octanol–water partition coefficient (Wildman–Crippen LogP) is 4.88. The summed E-state index contributed by atoms with van der Waals surface area (Å²) in [5, 5.41) is 14.3. The van der Waals surface area contributed by atoms with Crippen molar-refractivity contribution in [3.05, 3.63) is 94.9 Å². The highest BCUT2D eigenvalue weighted by atomic mass is 19.1. The Morgan fingerprint density at radius 1 is 1.03 bits per heavy atom. The van der Waals surface area contributed by atoms with Crippen LogP contribution in [0.2, 0.25) is 0 Å². The van der Waals surface area contributed by atoms with Crippen molar-refractivity contribution in [2.75, 3.05) is 20.8 Å². The first-order valence-electron chi connectivity index (χ1n) is 11.0. The molecule has 2 N–H and O–H groups in total. The van der Waals surface area contributed by atoms with Gasteiger partial charge in [0.05, 0.1) is 19.7 Å². The van der Waals surface area contributed by atoms with Crippen LogP contribution in [-0.4, -0.2) is 36.4 Å². The number of carboxylic acids is 1. The largest absolute Gasteiger partial charge is 0.497 e. The van der Waals surface area contributed by atoms with Crippen molar-refractivity contribution < 1.29 is 23.8 Å². The molecule has 0 aliphatic rings. The number of rotatable bonds is 10. The predicted molar refractivity (Wildman–Crippen MR) is 129 cm³/mol. The third-order valence-corrected chi connectivity index (χ3v) is 5.87. The Labute approximate surface area is 197 Å². The van der Waals surface area contributed by atoms with E-state index in [0.29, 0.717) is 30.0 Å². The number of para-hydroxylation sites is 1. The van der Waals surface area contributed by atoms with E-state index in [1.807, 2.05) is 42.5 Å². The summed E-state index contributed by atoms with van der Waals surface area (Å²) < 4.78 is 26.3. The highest BCUT2D eigenvalue weighted by Crippen LogP contribution is 2.31. The van der Waals surface area contributed by atoms with Crippen LogP contribution >= 0.6 is 0 Å². The first kappa shape index (κ1) is 23.3. The molecule has 1 aromatic heterocycles. The van der Waals surface area contributed by atoms with Crippen LogP contribution in [0, 0.1) is 5.82 Å². The van der Waals surface area contributed by atoms with Crippen LogP contribution in [0.15, 0.2) is 66.7 Å². The molecule has 4 rings (SSSR count). The number of hydrogen-bond acceptors (Lipinski definition) is 4. The molecule has 0 amide bonds. The Bertz CT molecular complexity index is 1320. The highest BCUT2D eigenvalue weighted by Gasteiger charge is 2.23. The number of ether oxygens (including phenoxy) is 2. The normalized spacial score (nSPS) is 11.0. The Morgan fingerprint density at radius 2 is 1.85 bits per heavy atom. The summed E-state index contributed by atoms with van der Waals surface area (Å²) in [6.45, 7) is 1.24. The van der Waals surface area contributed by atoms with Crippen molar-refractivity contribution in [2.45, 2.75) is 19.5 Å². The molecule has 1 heterocycles. The molecule has 0 aliphatic carbocycles. The van der Waals surface area contributed by atoms with Gasteiger partial charge in [-0.1, -0.05) is 30.3 Å². The van der Waals surface area contributed by atoms with E-state index in [4.69, 9.17) is 9.47 Å². The van der Waals surface area contributed by atoms with Gasteiger partial charge in [0, 0.05) is 30.1 Å². The lowest BCUT2D eigenvalue weighted by Gasteiger charge is -2.11. The number of benzene rings is 3. The molecular weight excluding hydrogens is 435 g/mol. The first-order valence-corrected chi connectivity index (χ1v) is 11.0. The summed E-state index contributed by atoms with van der Waals surface area (Å²) in [4.78, 5) is 12.4. The number of nitrogens with zero attached hydrogens (tertiary/aromatic N) is 1. The molecule has 4 aromatic rings. The zero-order chi connectivity index (χ0) is 24.1. The molecule has 0 saturated heterocycles. The molecule has 3 aromatic carbocycles. The average Bonchev–Trinajstić information content (AvgIpc) is 3.14. The van der Waals surface area contributed by atoms with Gasteiger partial charge in [0.1, 0.15) is 23.0 Å². The van der Waals surface area contributed by atoms with Crippen molar-refractivity contribution in [3.63, 3.8) is 0 Å². The summed E-state index contributed by atoms with van der Waals surface area (Å²) in [5.74, 6) is 0.0576. The van der Waals surface area contributed by atoms with Crippen LogP contribution in [0.1, 0.15) is 27.2 Å². The van der Waals surface area contributed by atoms with E-state index in [0.717, 1.165) is 28.6 Å². The second-order valence-corrected chi connectivity index (χ2v) is 7.97. The molecule has 0 aliphatic heterocycles. The standard InChI is InChI=1S/C27H27FN2O4/c1-33-21-10-11-22-23(16-29-13-12-19-7-3-4-9-25(19)34-2)26(27(31)32)30(24(22)15-21)17-18-6-5-8-20(28)14-18/h3-11,14-15,29H,12-13,16-17H2,1-2H3,(H,31,32). The number of halogens is 1. The molecule has 0 radical (unpaired) electrons. The van der Waals surface area contributed by atoms with Gasteiger partial charge in [0.2, 0.25) is 0 Å². The molecule has 0 atom stereocenters. The maximum Gasteiger partial charge on any atom is 0.352 e. The number of aromatic nitrogens is 1. The van der Waals surface area contributed by atoms with Gasteiger partial charge >= 0.3 is 5.97 Å². The van der Waals surface area contributed by atoms with Gasteiger partial charge in [-0.05, 0) is 54.4 Å². The maximum atomic E-state index is 13.8. The molecule has 0 saturated carbocycles. The molecule has 7 heteroatoms. The van der Waals surface area contributed by atoms with E-state index in [1.165, 1.54) is 12.1 Å². The zero-order valence-electron chi connectivity index (χ0n) is 19.2. The number of carbonyl (C=O) groups is 1. The fraction of sp³-hybridized carbons (Fsp3) is 0.222. The van der Waals surface area contributed by atoms with Gasteiger partial charge in [-0.2, -0.15) is 0 Å². The summed E-state index contributed by atoms with van der Waals surface area (Å²) in [6.07, 6.45) is 0.738. The molecule has 0 bridgehead atoms. The third kappa shape index (κ3) is 4.89. The number of nitrogens with one attached hydrogen (secondary N) is 1. The number of aromatic carboxylic acids is 1. The van der Waals surface area contributed by atoms with E-state index in [1.54, 1.807) is 30.9 Å². The minimum absolute atomic E-state index is 0.178. The lowest BCUT2D eigenvalue weighted by atomic mass is 10.1. The lowest BCUT2D eigenvalue weighted by Crippen LogP contribution is -2.19. The van der Waals surface area contributed by atoms with Gasteiger partial charge in [-0.3, -0.25) is 0 Å². The molecule has 0 spiro atoms. The Balaban J connectivity index is 1.66. The number of carboxylic acid groups (broad SMARTS) is 1. The lowest BCUT2D eigenvalue weighted by molar-refractivity contribution is 0.0684. The fourth-order valence-corrected chi connectivity index (χ4v) is 4.28. The quantitative estimate of drug-likeness (QED) is 0.329. The van der Waals surface area contributed by atoms with E-state index in [-0.39, 0.29) is 18.1 Å². The van der Waals surface area contributed by atoms with Crippen molar-refractivity contribution in [3.8, 4) is 11.5 Å². The number of methoxy groups -OCH3 is 2. The molecule has 176 valence electrons. The second-order valence-electron chi connectivity index (χ2n) is 7.97. The molecule has 34 heavy (non-hydrogen) atoms. The zero-order valence-corrected chi connectivity index (χ0v) is 19.2. The van der Waals surface area contributed by atoms with Crippen LogP contribution in [0.5, 0.6) is 11.5 Å². The van der Waals surface area contributed by atoms with E-state index < -0.39 is 5.97 Å². The summed E-state index contributed by atoms with van der Waals surface area (Å²) in [5.41, 5.74) is 3.34. The molecule has 6 nitrogen and oxygen atoms in total. The van der Waals surface area contributed by atoms with Gasteiger partial charge in [-0.25, -0.2) is 9.18 Å². The molecular formula is C27H27FN2O4. The molecule has 0 unspecified atom stereocenters. The Kier molecular flexibility index (Phi) is 7.13. The van der Waals surface area contributed by atoms with Gasteiger partial charge in [0.25, 0.3) is 0 Å². The Hall–Kier alpha value is -3.84. The van der Waals surface area contributed by atoms with Gasteiger partial charge < -0.3 is 24.5 Å². The van der Waals surface area contributed by atoms with Crippen LogP contribution in [0.3, 0.4) is 0 Å². The van der Waals surface area contributed by atoms with E-state index in [9.17, 15) is 14.3 Å². The molecule has 0 fully saturated rings. The monoisotopic (exact) mass is 462 g/mol. The maximum absolute atomic E-state index is 13.8. The van der Waals surface area contributed by atoms with Crippen LogP contribution in [0.4, 0.5) is 4.39 Å². The number of fused-ring (bicyclic) bond motifs is 1. The smallest absolute Gasteiger partial charge is 0.352 e. The number of hydrogen-bond donors (Lipinski definition) is 2. The third-order valence-electron chi connectivity index (χ3n) is 5.87. The highest BCUT2D eigenvalue weighted by molar-refractivity contribution is 5.98. The average molecular weight is 463 g/mol. The summed E-state index contributed by atoms with van der Waals surface area (Å²) in [6, 6.07) is 19.5. The van der Waals surface area contributed by atoms with E-state index >= 15 is 0 Å². The second kappa shape index (κ2) is 10.4. The van der Waals surface area contributed by atoms with Crippen molar-refractivity contribution in [2.24, 2.45) is 0 Å². The Morgan fingerprint density at radius 3 is 2.59 bits per heavy atom. The van der Waals surface area contributed by atoms with Crippen molar-refractivity contribution >= 4 is 16.9 Å². The first-order chi connectivity index (χ1) is 16.5. The minimum Gasteiger partial charge on any atom is -0.497 e.